The highest BCUT2D eigenvalue weighted by molar-refractivity contribution is 5.83. The first-order valence-corrected chi connectivity index (χ1v) is 8.77. The van der Waals surface area contributed by atoms with Crippen LogP contribution in [0.4, 0.5) is 0 Å². The van der Waals surface area contributed by atoms with E-state index in [1.54, 1.807) is 0 Å². The predicted molar refractivity (Wildman–Crippen MR) is 98.0 cm³/mol. The number of nitrogens with zero attached hydrogens (tertiary/aromatic N) is 4. The fraction of sp³-hybridized carbons (Fsp3) is 0.421. The Morgan fingerprint density at radius 1 is 1.31 bits per heavy atom. The zero-order valence-corrected chi connectivity index (χ0v) is 15.2. The van der Waals surface area contributed by atoms with E-state index < -0.39 is 6.04 Å². The summed E-state index contributed by atoms with van der Waals surface area (Å²) < 4.78 is 0. The molecule has 0 unspecified atom stereocenters. The summed E-state index contributed by atoms with van der Waals surface area (Å²) in [6, 6.07) is 9.20. The molecule has 26 heavy (non-hydrogen) atoms. The molecule has 0 saturated carbocycles. The minimum absolute atomic E-state index is 0.0605. The topological polar surface area (TPSA) is 102 Å². The van der Waals surface area contributed by atoms with Crippen molar-refractivity contribution in [1.29, 1.82) is 5.26 Å². The third kappa shape index (κ3) is 3.62. The number of carbonyl (C=O) groups excluding carboxylic acids is 1. The molecule has 0 spiro atoms. The molecular weight excluding hydrogens is 328 g/mol. The number of hydrogen-bond acceptors (Lipinski definition) is 5. The molecule has 1 aliphatic rings. The monoisotopic (exact) mass is 352 g/mol. The average molecular weight is 352 g/mol. The molecule has 1 aromatic heterocycles. The van der Waals surface area contributed by atoms with Crippen LogP contribution in [-0.2, 0) is 11.3 Å². The molecule has 0 bridgehead atoms. The van der Waals surface area contributed by atoms with Gasteiger partial charge in [0.1, 0.15) is 6.04 Å². The fourth-order valence-corrected chi connectivity index (χ4v) is 3.47. The maximum absolute atomic E-state index is 12.8. The maximum Gasteiger partial charge on any atom is 0.244 e. The van der Waals surface area contributed by atoms with E-state index in [4.69, 9.17) is 5.73 Å². The first-order valence-electron chi connectivity index (χ1n) is 8.77. The van der Waals surface area contributed by atoms with Gasteiger partial charge in [-0.3, -0.25) is 14.8 Å². The molecule has 1 saturated heterocycles. The summed E-state index contributed by atoms with van der Waals surface area (Å²) in [7, 11) is 0. The minimum atomic E-state index is -0.681. The molecule has 3 N–H and O–H groups in total. The summed E-state index contributed by atoms with van der Waals surface area (Å²) >= 11 is 0. The number of H-pyrrole nitrogens is 1. The van der Waals surface area contributed by atoms with Crippen LogP contribution in [0, 0.1) is 25.2 Å². The largest absolute Gasteiger partial charge is 0.338 e. The average Bonchev–Trinajstić information content (AvgIpc) is 3.00. The zero-order valence-electron chi connectivity index (χ0n) is 15.2. The molecule has 0 radical (unpaired) electrons. The van der Waals surface area contributed by atoms with Gasteiger partial charge in [-0.25, -0.2) is 0 Å². The van der Waals surface area contributed by atoms with E-state index in [-0.39, 0.29) is 5.91 Å². The number of aryl methyl sites for hydroxylation is 2. The summed E-state index contributed by atoms with van der Waals surface area (Å²) in [6.07, 6.45) is 0. The maximum atomic E-state index is 12.8. The quantitative estimate of drug-likeness (QED) is 0.862. The lowest BCUT2D eigenvalue weighted by Gasteiger charge is -2.36. The van der Waals surface area contributed by atoms with E-state index in [1.807, 2.05) is 43.0 Å². The Morgan fingerprint density at radius 2 is 2.00 bits per heavy atom. The van der Waals surface area contributed by atoms with Gasteiger partial charge in [-0.1, -0.05) is 18.2 Å². The van der Waals surface area contributed by atoms with Crippen molar-refractivity contribution in [2.24, 2.45) is 5.73 Å². The molecule has 1 fully saturated rings. The number of nitrogens with one attached hydrogen (secondary N) is 1. The first kappa shape index (κ1) is 18.1. The summed E-state index contributed by atoms with van der Waals surface area (Å²) in [5.41, 5.74) is 10.4. The van der Waals surface area contributed by atoms with Crippen LogP contribution in [-0.4, -0.2) is 52.1 Å². The Balaban J connectivity index is 1.60. The van der Waals surface area contributed by atoms with Gasteiger partial charge in [0.15, 0.2) is 0 Å². The van der Waals surface area contributed by atoms with Crippen molar-refractivity contribution in [2.45, 2.75) is 26.4 Å². The van der Waals surface area contributed by atoms with Crippen molar-refractivity contribution in [2.75, 3.05) is 26.2 Å². The number of nitrogens with two attached hydrogens (primary N) is 1. The lowest BCUT2D eigenvalue weighted by atomic mass is 10.0. The number of nitriles is 1. The van der Waals surface area contributed by atoms with Crippen LogP contribution in [0.3, 0.4) is 0 Å². The third-order valence-corrected chi connectivity index (χ3v) is 4.98. The molecule has 1 aromatic carbocycles. The van der Waals surface area contributed by atoms with Gasteiger partial charge in [0, 0.05) is 44.0 Å². The van der Waals surface area contributed by atoms with Crippen LogP contribution in [0.15, 0.2) is 24.3 Å². The van der Waals surface area contributed by atoms with E-state index in [2.05, 4.69) is 21.2 Å². The van der Waals surface area contributed by atoms with Gasteiger partial charge < -0.3 is 10.6 Å². The molecule has 2 aromatic rings. The minimum Gasteiger partial charge on any atom is -0.338 e. The van der Waals surface area contributed by atoms with Gasteiger partial charge in [-0.15, -0.1) is 0 Å². The van der Waals surface area contributed by atoms with Crippen molar-refractivity contribution in [1.82, 2.24) is 20.0 Å². The SMILES string of the molecule is Cc1n[nH]c(C)c1[C@H](N)C(=O)N1CCN(Cc2ccccc2C#N)CC1. The van der Waals surface area contributed by atoms with E-state index in [9.17, 15) is 10.1 Å². The highest BCUT2D eigenvalue weighted by Gasteiger charge is 2.29. The Bertz CT molecular complexity index is 809. The normalized spacial score (nSPS) is 16.3. The molecule has 7 heteroatoms. The molecule has 1 atom stereocenters. The molecule has 7 nitrogen and oxygen atoms in total. The number of amides is 1. The number of piperazine rings is 1. The van der Waals surface area contributed by atoms with Crippen molar-refractivity contribution in [3.8, 4) is 6.07 Å². The lowest BCUT2D eigenvalue weighted by Crippen LogP contribution is -2.50. The highest BCUT2D eigenvalue weighted by atomic mass is 16.2. The summed E-state index contributed by atoms with van der Waals surface area (Å²) in [5, 5.41) is 16.2. The summed E-state index contributed by atoms with van der Waals surface area (Å²) in [5.74, 6) is -0.0605. The van der Waals surface area contributed by atoms with Crippen molar-refractivity contribution >= 4 is 5.91 Å². The van der Waals surface area contributed by atoms with Gasteiger partial charge in [-0.05, 0) is 25.5 Å². The second kappa shape index (κ2) is 7.68. The van der Waals surface area contributed by atoms with E-state index >= 15 is 0 Å². The summed E-state index contributed by atoms with van der Waals surface area (Å²) in [6.45, 7) is 7.26. The molecule has 1 aliphatic heterocycles. The van der Waals surface area contributed by atoms with Gasteiger partial charge in [0.2, 0.25) is 5.91 Å². The third-order valence-electron chi connectivity index (χ3n) is 4.98. The van der Waals surface area contributed by atoms with Crippen molar-refractivity contribution in [3.63, 3.8) is 0 Å². The molecule has 136 valence electrons. The zero-order chi connectivity index (χ0) is 18.7. The number of benzene rings is 1. The van der Waals surface area contributed by atoms with Crippen LogP contribution in [0.25, 0.3) is 0 Å². The molecule has 3 rings (SSSR count). The standard InChI is InChI=1S/C19H24N6O/c1-13-17(14(2)23-22-13)18(21)19(26)25-9-7-24(8-10-25)12-16-6-4-3-5-15(16)11-20/h3-6,18H,7-10,12,21H2,1-2H3,(H,22,23)/t18-/m0/s1. The number of hydrogen-bond donors (Lipinski definition) is 2. The molecule has 0 aliphatic carbocycles. The fourth-order valence-electron chi connectivity index (χ4n) is 3.47. The van der Waals surface area contributed by atoms with Gasteiger partial charge in [0.25, 0.3) is 0 Å². The Kier molecular flexibility index (Phi) is 5.35. The number of aromatic nitrogens is 2. The Labute approximate surface area is 153 Å². The predicted octanol–water partition coefficient (Wildman–Crippen LogP) is 1.24. The van der Waals surface area contributed by atoms with E-state index in [1.165, 1.54) is 0 Å². The number of aromatic amines is 1. The molecular formula is C19H24N6O. The van der Waals surface area contributed by atoms with Crippen molar-refractivity contribution < 1.29 is 4.79 Å². The van der Waals surface area contributed by atoms with Gasteiger partial charge >= 0.3 is 0 Å². The molecule has 1 amide bonds. The molecule has 2 heterocycles. The van der Waals surface area contributed by atoms with Crippen LogP contribution in [0.5, 0.6) is 0 Å². The number of rotatable bonds is 4. The first-order chi connectivity index (χ1) is 12.5. The Morgan fingerprint density at radius 3 is 2.62 bits per heavy atom. The summed E-state index contributed by atoms with van der Waals surface area (Å²) in [4.78, 5) is 16.9. The van der Waals surface area contributed by atoms with Crippen LogP contribution in [0.2, 0.25) is 0 Å². The van der Waals surface area contributed by atoms with Crippen molar-refractivity contribution in [3.05, 3.63) is 52.3 Å². The number of carbonyl (C=O) groups is 1. The van der Waals surface area contributed by atoms with E-state index in [0.717, 1.165) is 42.1 Å². The Hall–Kier alpha value is -2.69. The van der Waals surface area contributed by atoms with Gasteiger partial charge in [-0.2, -0.15) is 10.4 Å². The highest BCUT2D eigenvalue weighted by Crippen LogP contribution is 2.21. The lowest BCUT2D eigenvalue weighted by molar-refractivity contribution is -0.134. The second-order valence-electron chi connectivity index (χ2n) is 6.70. The van der Waals surface area contributed by atoms with E-state index in [0.29, 0.717) is 18.7 Å². The van der Waals surface area contributed by atoms with Gasteiger partial charge in [0.05, 0.1) is 17.3 Å². The smallest absolute Gasteiger partial charge is 0.244 e. The van der Waals surface area contributed by atoms with Crippen LogP contribution < -0.4 is 5.73 Å². The van der Waals surface area contributed by atoms with Crippen LogP contribution in [0.1, 0.15) is 34.1 Å². The van der Waals surface area contributed by atoms with Crippen LogP contribution >= 0.6 is 0 Å². The second-order valence-corrected chi connectivity index (χ2v) is 6.70.